The van der Waals surface area contributed by atoms with Gasteiger partial charge in [0.2, 0.25) is 0 Å². The van der Waals surface area contributed by atoms with Crippen LogP contribution in [0, 0.1) is 27.7 Å². The van der Waals surface area contributed by atoms with Crippen molar-refractivity contribution in [1.29, 1.82) is 0 Å². The molecule has 0 atom stereocenters. The van der Waals surface area contributed by atoms with Crippen molar-refractivity contribution < 1.29 is 0 Å². The highest BCUT2D eigenvalue weighted by molar-refractivity contribution is 6.81. The van der Waals surface area contributed by atoms with E-state index >= 15 is 0 Å². The molecule has 1 aromatic heterocycles. The van der Waals surface area contributed by atoms with E-state index in [4.69, 9.17) is 15.0 Å². The Labute approximate surface area is 437 Å². The maximum Gasteiger partial charge on any atom is 0.0849 e. The van der Waals surface area contributed by atoms with Crippen molar-refractivity contribution in [3.63, 3.8) is 0 Å². The Morgan fingerprint density at radius 1 is 0.343 bits per heavy atom. The van der Waals surface area contributed by atoms with Crippen LogP contribution in [0.4, 0.5) is 11.4 Å². The topological polar surface area (TPSA) is 37.6 Å². The van der Waals surface area contributed by atoms with Crippen LogP contribution in [-0.2, 0) is 0 Å². The number of rotatable bonds is 42. The predicted octanol–water partition coefficient (Wildman–Crippen LogP) is 22.5. The highest BCUT2D eigenvalue weighted by Crippen LogP contribution is 2.31. The second-order valence-electron chi connectivity index (χ2n) is 23.8. The summed E-state index contributed by atoms with van der Waals surface area (Å²) in [5.74, 6) is 0. The summed E-state index contributed by atoms with van der Waals surface area (Å²) in [5.41, 5.74) is 11.6. The average Bonchev–Trinajstić information content (AvgIpc) is 3.33. The van der Waals surface area contributed by atoms with E-state index < -0.39 is 16.1 Å². The molecule has 3 aromatic rings. The fourth-order valence-corrected chi connectivity index (χ4v) is 15.9. The lowest BCUT2D eigenvalue weighted by Crippen LogP contribution is -2.30. The number of benzene rings is 2. The minimum atomic E-state index is -1.64. The fraction of sp³-hybridized carbons (Fsp3) is 0.708. The summed E-state index contributed by atoms with van der Waals surface area (Å²) in [6.45, 7) is 23.9. The number of hydrogen-bond acceptors (Lipinski definition) is 3. The van der Waals surface area contributed by atoms with Crippen LogP contribution in [0.1, 0.15) is 253 Å². The van der Waals surface area contributed by atoms with Crippen LogP contribution in [0.3, 0.4) is 0 Å². The lowest BCUT2D eigenvalue weighted by Gasteiger charge is -2.25. The van der Waals surface area contributed by atoms with Gasteiger partial charge in [-0.2, -0.15) is 0 Å². The SMILES string of the molecule is CCCCCCCCCCCCCCCCCC[Si](C)(C)CC(=Nc1c(C)cccc1C)c1cccc(C(C[Si](C)(C)CCCCCCCCCCCCCCCCCC)=Nc2c(C)cccc2C)n1. The summed E-state index contributed by atoms with van der Waals surface area (Å²) in [7, 11) is -3.28. The molecule has 3 rings (SSSR count). The zero-order chi connectivity index (χ0) is 50.7. The molecule has 0 fully saturated rings. The zero-order valence-electron chi connectivity index (χ0n) is 48.0. The Morgan fingerprint density at radius 2 is 0.571 bits per heavy atom. The first-order valence-corrected chi connectivity index (χ1v) is 36.9. The Hall–Kier alpha value is -2.64. The number of para-hydroxylation sites is 2. The Kier molecular flexibility index (Phi) is 32.7. The molecule has 394 valence electrons. The van der Waals surface area contributed by atoms with Crippen molar-refractivity contribution in [3.8, 4) is 0 Å². The number of aliphatic imine (C=N–C) groups is 2. The van der Waals surface area contributed by atoms with Crippen molar-refractivity contribution in [3.05, 3.63) is 88.2 Å². The molecule has 0 spiro atoms. The minimum absolute atomic E-state index is 1.04. The van der Waals surface area contributed by atoms with Gasteiger partial charge in [0.1, 0.15) is 0 Å². The van der Waals surface area contributed by atoms with Gasteiger partial charge in [0.25, 0.3) is 0 Å². The van der Waals surface area contributed by atoms with Gasteiger partial charge in [-0.15, -0.1) is 0 Å². The predicted molar refractivity (Wildman–Crippen MR) is 322 cm³/mol. The van der Waals surface area contributed by atoms with Gasteiger partial charge in [0.05, 0.1) is 50.3 Å². The van der Waals surface area contributed by atoms with E-state index in [1.165, 1.54) is 251 Å². The van der Waals surface area contributed by atoms with Crippen LogP contribution >= 0.6 is 0 Å². The molecule has 1 heterocycles. The number of aromatic nitrogens is 1. The molecule has 0 unspecified atom stereocenters. The molecule has 2 aromatic carbocycles. The molecular weight excluding hydrogens is 879 g/mol. The number of hydrogen-bond donors (Lipinski definition) is 0. The normalized spacial score (nSPS) is 12.7. The van der Waals surface area contributed by atoms with E-state index in [9.17, 15) is 0 Å². The van der Waals surface area contributed by atoms with E-state index in [0.717, 1.165) is 34.9 Å². The van der Waals surface area contributed by atoms with E-state index in [2.05, 4.69) is 122 Å². The van der Waals surface area contributed by atoms with Gasteiger partial charge in [-0.1, -0.05) is 300 Å². The van der Waals surface area contributed by atoms with Gasteiger partial charge in [-0.3, -0.25) is 9.98 Å². The summed E-state index contributed by atoms with van der Waals surface area (Å²) >= 11 is 0. The molecule has 0 amide bonds. The highest BCUT2D eigenvalue weighted by Gasteiger charge is 2.27. The quantitative estimate of drug-likeness (QED) is 0.0317. The summed E-state index contributed by atoms with van der Waals surface area (Å²) < 4.78 is 0. The largest absolute Gasteiger partial charge is 0.251 e. The van der Waals surface area contributed by atoms with Crippen LogP contribution in [0.5, 0.6) is 0 Å². The van der Waals surface area contributed by atoms with Crippen LogP contribution in [0.25, 0.3) is 0 Å². The Bertz CT molecular complexity index is 1700. The lowest BCUT2D eigenvalue weighted by molar-refractivity contribution is 0.531. The van der Waals surface area contributed by atoms with Gasteiger partial charge in [0, 0.05) is 0 Å². The highest BCUT2D eigenvalue weighted by atomic mass is 28.3. The first-order chi connectivity index (χ1) is 33.9. The van der Waals surface area contributed by atoms with Crippen LogP contribution < -0.4 is 0 Å². The van der Waals surface area contributed by atoms with Gasteiger partial charge < -0.3 is 0 Å². The standard InChI is InChI=1S/C65H111N3Si2/c1-11-13-15-17-19-21-23-25-27-29-31-33-35-37-39-41-52-69(7,8)54-62(67-64-56(3)46-43-47-57(64)4)60-50-45-51-61(66-60)63(68-65-58(5)48-44-49-59(65)6)55-70(9,10)53-42-40-38-36-34-32-30-28-26-24-22-20-18-16-14-12-2/h43-51H,11-42,52-55H2,1-10H3. The number of pyridine rings is 1. The van der Waals surface area contributed by atoms with E-state index in [0.29, 0.717) is 0 Å². The third kappa shape index (κ3) is 27.4. The molecule has 0 aliphatic rings. The van der Waals surface area contributed by atoms with Gasteiger partial charge >= 0.3 is 0 Å². The molecular formula is C65H111N3Si2. The summed E-state index contributed by atoms with van der Waals surface area (Å²) in [4.78, 5) is 16.8. The zero-order valence-corrected chi connectivity index (χ0v) is 50.0. The maximum atomic E-state index is 5.59. The molecule has 0 saturated carbocycles. The molecule has 0 aliphatic carbocycles. The first-order valence-electron chi connectivity index (χ1n) is 30.1. The van der Waals surface area contributed by atoms with E-state index in [-0.39, 0.29) is 0 Å². The monoisotopic (exact) mass is 990 g/mol. The van der Waals surface area contributed by atoms with Crippen molar-refractivity contribution in [2.45, 2.75) is 297 Å². The Morgan fingerprint density at radius 3 is 0.829 bits per heavy atom. The molecule has 0 saturated heterocycles. The molecule has 0 bridgehead atoms. The average molecular weight is 991 g/mol. The van der Waals surface area contributed by atoms with Gasteiger partial charge in [-0.25, -0.2) is 4.98 Å². The molecule has 70 heavy (non-hydrogen) atoms. The number of nitrogens with zero attached hydrogens (tertiary/aromatic N) is 3. The maximum absolute atomic E-state index is 5.59. The van der Waals surface area contributed by atoms with Crippen molar-refractivity contribution >= 4 is 38.9 Å². The fourth-order valence-electron chi connectivity index (χ4n) is 10.8. The van der Waals surface area contributed by atoms with Crippen LogP contribution in [-0.4, -0.2) is 32.6 Å². The van der Waals surface area contributed by atoms with Gasteiger partial charge in [0.15, 0.2) is 0 Å². The summed E-state index contributed by atoms with van der Waals surface area (Å²) in [6.07, 6.45) is 45.4. The van der Waals surface area contributed by atoms with Crippen LogP contribution in [0.2, 0.25) is 50.4 Å². The third-order valence-electron chi connectivity index (χ3n) is 15.4. The van der Waals surface area contributed by atoms with E-state index in [1.807, 2.05) is 0 Å². The van der Waals surface area contributed by atoms with E-state index in [1.54, 1.807) is 0 Å². The third-order valence-corrected chi connectivity index (χ3v) is 21.4. The molecule has 0 radical (unpaired) electrons. The number of aryl methyl sites for hydroxylation is 4. The summed E-state index contributed by atoms with van der Waals surface area (Å²) in [5, 5.41) is 0. The second-order valence-corrected chi connectivity index (χ2v) is 34.2. The molecule has 0 N–H and O–H groups in total. The molecule has 0 aliphatic heterocycles. The van der Waals surface area contributed by atoms with Crippen LogP contribution in [0.15, 0.2) is 64.6 Å². The minimum Gasteiger partial charge on any atom is -0.251 e. The van der Waals surface area contributed by atoms with Gasteiger partial charge in [-0.05, 0) is 74.2 Å². The van der Waals surface area contributed by atoms with Crippen molar-refractivity contribution in [2.75, 3.05) is 0 Å². The second kappa shape index (κ2) is 37.1. The molecule has 5 heteroatoms. The van der Waals surface area contributed by atoms with Crippen molar-refractivity contribution in [2.24, 2.45) is 9.98 Å². The smallest absolute Gasteiger partial charge is 0.0849 e. The summed E-state index contributed by atoms with van der Waals surface area (Å²) in [6, 6.07) is 24.7. The first kappa shape index (κ1) is 61.7. The lowest BCUT2D eigenvalue weighted by atomic mass is 10.0. The number of unbranched alkanes of at least 4 members (excludes halogenated alkanes) is 30. The molecule has 3 nitrogen and oxygen atoms in total. The Balaban J connectivity index is 1.62. The van der Waals surface area contributed by atoms with Crippen molar-refractivity contribution in [1.82, 2.24) is 4.98 Å².